The van der Waals surface area contributed by atoms with Crippen molar-refractivity contribution in [2.75, 3.05) is 19.8 Å². The zero-order valence-corrected chi connectivity index (χ0v) is 24.6. The number of ether oxygens (including phenoxy) is 5. The van der Waals surface area contributed by atoms with Gasteiger partial charge in [-0.3, -0.25) is 19.2 Å². The highest BCUT2D eigenvalue weighted by Crippen LogP contribution is 2.79. The number of aliphatic hydroxyl groups excluding tert-OH is 2. The molecule has 2 bridgehead atoms. The van der Waals surface area contributed by atoms with E-state index in [2.05, 4.69) is 0 Å². The lowest BCUT2D eigenvalue weighted by Crippen LogP contribution is -2.79. The molecule has 12 heteroatoms. The predicted molar refractivity (Wildman–Crippen MR) is 142 cm³/mol. The number of furan rings is 1. The van der Waals surface area contributed by atoms with Crippen molar-refractivity contribution in [3.63, 3.8) is 0 Å². The second-order valence-corrected chi connectivity index (χ2v) is 13.7. The van der Waals surface area contributed by atoms with Gasteiger partial charge in [-0.1, -0.05) is 6.92 Å². The van der Waals surface area contributed by atoms with E-state index in [1.54, 1.807) is 12.5 Å². The Bertz CT molecular complexity index is 1360. The molecule has 2 N–H and O–H groups in total. The number of carbonyl (C=O) groups excluding carboxylic acids is 4. The lowest BCUT2D eigenvalue weighted by atomic mass is 9.37. The number of Topliss-reactive ketones (excluding diaryl/α,β-unsaturated/α-hetero) is 1. The molecule has 2 aliphatic heterocycles. The summed E-state index contributed by atoms with van der Waals surface area (Å²) < 4.78 is 35.3. The Morgan fingerprint density at radius 2 is 1.77 bits per heavy atom. The molecule has 43 heavy (non-hydrogen) atoms. The Morgan fingerprint density at radius 3 is 2.42 bits per heavy atom. The van der Waals surface area contributed by atoms with Crippen LogP contribution in [0, 0.1) is 34.0 Å². The van der Waals surface area contributed by atoms with Gasteiger partial charge in [0.15, 0.2) is 11.9 Å². The molecule has 1 aromatic rings. The van der Waals surface area contributed by atoms with Gasteiger partial charge in [0.1, 0.15) is 18.3 Å². The van der Waals surface area contributed by atoms with E-state index in [4.69, 9.17) is 28.1 Å². The van der Waals surface area contributed by atoms with Gasteiger partial charge in [0.05, 0.1) is 54.9 Å². The first-order valence-corrected chi connectivity index (χ1v) is 15.0. The second kappa shape index (κ2) is 9.35. The molecule has 234 valence electrons. The topological polar surface area (TPSA) is 171 Å². The van der Waals surface area contributed by atoms with Crippen LogP contribution in [0.4, 0.5) is 0 Å². The molecule has 1 spiro atoms. The molecule has 0 aromatic carbocycles. The van der Waals surface area contributed by atoms with Gasteiger partial charge in [-0.05, 0) is 30.4 Å². The second-order valence-electron chi connectivity index (χ2n) is 13.7. The van der Waals surface area contributed by atoms with Crippen LogP contribution in [0.25, 0.3) is 0 Å². The fourth-order valence-electron chi connectivity index (χ4n) is 10.6. The lowest BCUT2D eigenvalue weighted by molar-refractivity contribution is -0.319. The number of hydrogen-bond donors (Lipinski definition) is 2. The Kier molecular flexibility index (Phi) is 6.30. The van der Waals surface area contributed by atoms with Crippen molar-refractivity contribution in [3.05, 3.63) is 24.2 Å². The summed E-state index contributed by atoms with van der Waals surface area (Å²) in [6, 6.07) is 1.83. The van der Waals surface area contributed by atoms with Gasteiger partial charge in [0, 0.05) is 50.4 Å². The Labute approximate surface area is 248 Å². The van der Waals surface area contributed by atoms with E-state index in [1.165, 1.54) is 20.8 Å². The zero-order valence-electron chi connectivity index (χ0n) is 24.6. The smallest absolute Gasteiger partial charge is 0.303 e. The van der Waals surface area contributed by atoms with Crippen LogP contribution >= 0.6 is 0 Å². The number of epoxide rings is 1. The summed E-state index contributed by atoms with van der Waals surface area (Å²) in [6.45, 7) is 5.52. The first kappa shape index (κ1) is 28.9. The predicted octanol–water partition coefficient (Wildman–Crippen LogP) is 1.30. The molecule has 6 fully saturated rings. The van der Waals surface area contributed by atoms with Crippen molar-refractivity contribution in [1.82, 2.24) is 0 Å². The van der Waals surface area contributed by atoms with Crippen molar-refractivity contribution < 1.29 is 57.5 Å². The monoisotopic (exact) mass is 602 g/mol. The molecule has 1 aromatic heterocycles. The van der Waals surface area contributed by atoms with Crippen molar-refractivity contribution in [1.29, 1.82) is 0 Å². The number of esters is 3. The van der Waals surface area contributed by atoms with E-state index in [-0.39, 0.29) is 44.7 Å². The van der Waals surface area contributed by atoms with Gasteiger partial charge >= 0.3 is 17.9 Å². The number of carbonyl (C=O) groups is 4. The summed E-state index contributed by atoms with van der Waals surface area (Å²) in [5.41, 5.74) is -3.58. The third-order valence-corrected chi connectivity index (χ3v) is 12.1. The standard InChI is InChI=1S/C31H38O12/c1-14(32)40-12-29-11-39-13-30(21(36)9-22(29)41-15(2)33)20(29)8-19(35)24-25(30)26(37)27(42-16(3)34)28(4)18(17-5-6-38-10-17)7-23-31(24,28)43-23/h5-6,10,18-25,27,35-36H,7-9,11-13H2,1-4H3/t18-,19+,20-,21-,22+,23+,24+,25+,27-,28+,29-,30+,31-/m0/s1. The Balaban J connectivity index is 1.39. The third kappa shape index (κ3) is 3.52. The van der Waals surface area contributed by atoms with Crippen molar-refractivity contribution >= 4 is 23.7 Å². The molecule has 0 unspecified atom stereocenters. The van der Waals surface area contributed by atoms with Crippen LogP contribution in [0.3, 0.4) is 0 Å². The van der Waals surface area contributed by atoms with Crippen LogP contribution in [0.5, 0.6) is 0 Å². The molecule has 7 rings (SSSR count). The molecule has 4 aliphatic carbocycles. The van der Waals surface area contributed by atoms with E-state index >= 15 is 0 Å². The molecule has 12 nitrogen and oxygen atoms in total. The van der Waals surface area contributed by atoms with Crippen LogP contribution < -0.4 is 0 Å². The number of ketones is 1. The summed E-state index contributed by atoms with van der Waals surface area (Å²) in [5.74, 6) is -4.79. The van der Waals surface area contributed by atoms with E-state index in [0.29, 0.717) is 6.42 Å². The number of hydrogen-bond acceptors (Lipinski definition) is 12. The van der Waals surface area contributed by atoms with Crippen molar-refractivity contribution in [2.24, 2.45) is 34.0 Å². The number of rotatable bonds is 5. The van der Waals surface area contributed by atoms with Gasteiger partial charge in [-0.25, -0.2) is 0 Å². The maximum atomic E-state index is 15.0. The fraction of sp³-hybridized carbons (Fsp3) is 0.742. The molecule has 3 heterocycles. The number of fused-ring (bicyclic) bond motifs is 1. The van der Waals surface area contributed by atoms with E-state index in [9.17, 15) is 29.4 Å². The summed E-state index contributed by atoms with van der Waals surface area (Å²) in [7, 11) is 0. The first-order chi connectivity index (χ1) is 20.3. The Hall–Kier alpha value is -2.80. The molecular formula is C31H38O12. The van der Waals surface area contributed by atoms with E-state index in [1.807, 2.05) is 13.0 Å². The normalized spacial score (nSPS) is 49.1. The van der Waals surface area contributed by atoms with Gasteiger partial charge < -0.3 is 38.3 Å². The van der Waals surface area contributed by atoms with Crippen LogP contribution in [-0.2, 0) is 42.9 Å². The SMILES string of the molecule is CC(=O)OC[C@]12COC[C@@]3([C@@H](O)C[C@H]1OC(C)=O)[C@H]1C(=O)[C@H](OC(C)=O)[C@@]4(C)[C@H](c5ccoc5)C[C@H]5O[C@]54[C@@H]1[C@H](O)C[C@@H]23. The van der Waals surface area contributed by atoms with Gasteiger partial charge in [-0.15, -0.1) is 0 Å². The minimum absolute atomic E-state index is 0.0114. The number of aliphatic hydroxyl groups is 2. The molecule has 2 saturated heterocycles. The van der Waals surface area contributed by atoms with Crippen molar-refractivity contribution in [3.8, 4) is 0 Å². The van der Waals surface area contributed by atoms with Crippen LogP contribution in [0.1, 0.15) is 58.4 Å². The lowest BCUT2D eigenvalue weighted by Gasteiger charge is -2.69. The molecule has 6 aliphatic rings. The van der Waals surface area contributed by atoms with E-state index < -0.39 is 87.7 Å². The third-order valence-electron chi connectivity index (χ3n) is 12.1. The van der Waals surface area contributed by atoms with Crippen LogP contribution in [0.2, 0.25) is 0 Å². The quantitative estimate of drug-likeness (QED) is 0.282. The highest BCUT2D eigenvalue weighted by molar-refractivity contribution is 5.92. The summed E-state index contributed by atoms with van der Waals surface area (Å²) in [4.78, 5) is 51.8. The minimum Gasteiger partial charge on any atom is -0.472 e. The Morgan fingerprint density at radius 1 is 1.02 bits per heavy atom. The van der Waals surface area contributed by atoms with Gasteiger partial charge in [0.25, 0.3) is 0 Å². The van der Waals surface area contributed by atoms with E-state index in [0.717, 1.165) is 5.56 Å². The first-order valence-electron chi connectivity index (χ1n) is 15.0. The van der Waals surface area contributed by atoms with Gasteiger partial charge in [0.2, 0.25) is 0 Å². The minimum atomic E-state index is -1.26. The molecule has 13 atom stereocenters. The maximum Gasteiger partial charge on any atom is 0.303 e. The average Bonchev–Trinajstić information content (AvgIpc) is 3.27. The maximum absolute atomic E-state index is 15.0. The summed E-state index contributed by atoms with van der Waals surface area (Å²) >= 11 is 0. The van der Waals surface area contributed by atoms with Crippen LogP contribution in [0.15, 0.2) is 23.0 Å². The van der Waals surface area contributed by atoms with Gasteiger partial charge in [-0.2, -0.15) is 0 Å². The molecule has 4 saturated carbocycles. The molecular weight excluding hydrogens is 564 g/mol. The molecule has 0 radical (unpaired) electrons. The fourth-order valence-corrected chi connectivity index (χ4v) is 10.6. The largest absolute Gasteiger partial charge is 0.472 e. The van der Waals surface area contributed by atoms with Crippen molar-refractivity contribution in [2.45, 2.75) is 89.0 Å². The summed E-state index contributed by atoms with van der Waals surface area (Å²) in [5, 5.41) is 24.1. The zero-order chi connectivity index (χ0) is 30.7. The summed E-state index contributed by atoms with van der Waals surface area (Å²) in [6.07, 6.45) is -0.843. The highest BCUT2D eigenvalue weighted by Gasteiger charge is 2.88. The highest BCUT2D eigenvalue weighted by atomic mass is 16.6. The molecule has 0 amide bonds. The van der Waals surface area contributed by atoms with Crippen LogP contribution in [-0.4, -0.2) is 89.8 Å². The average molecular weight is 603 g/mol.